The van der Waals surface area contributed by atoms with Crippen molar-refractivity contribution in [3.63, 3.8) is 0 Å². The summed E-state index contributed by atoms with van der Waals surface area (Å²) >= 11 is 0. The van der Waals surface area contributed by atoms with Crippen LogP contribution >= 0.6 is 0 Å². The monoisotopic (exact) mass is 349 g/mol. The van der Waals surface area contributed by atoms with Crippen LogP contribution in [-0.4, -0.2) is 24.5 Å². The molecule has 0 spiro atoms. The summed E-state index contributed by atoms with van der Waals surface area (Å²) < 4.78 is 5.63. The van der Waals surface area contributed by atoms with Gasteiger partial charge >= 0.3 is 0 Å². The van der Waals surface area contributed by atoms with E-state index in [-0.39, 0.29) is 5.91 Å². The lowest BCUT2D eigenvalue weighted by Crippen LogP contribution is -2.16. The molecule has 5 nitrogen and oxygen atoms in total. The van der Waals surface area contributed by atoms with E-state index >= 15 is 0 Å². The first-order valence-electron chi connectivity index (χ1n) is 8.65. The first-order chi connectivity index (χ1) is 12.5. The fourth-order valence-electron chi connectivity index (χ4n) is 2.55. The molecule has 1 heterocycles. The van der Waals surface area contributed by atoms with E-state index in [4.69, 9.17) is 4.42 Å². The van der Waals surface area contributed by atoms with E-state index < -0.39 is 0 Å². The highest BCUT2D eigenvalue weighted by molar-refractivity contribution is 6.04. The Kier molecular flexibility index (Phi) is 5.07. The summed E-state index contributed by atoms with van der Waals surface area (Å²) in [7, 11) is 2.02. The van der Waals surface area contributed by atoms with Gasteiger partial charge in [0.25, 0.3) is 5.91 Å². The van der Waals surface area contributed by atoms with Crippen LogP contribution in [0.3, 0.4) is 0 Å². The minimum absolute atomic E-state index is 0.133. The van der Waals surface area contributed by atoms with Gasteiger partial charge in [-0.1, -0.05) is 0 Å². The molecule has 3 aromatic rings. The van der Waals surface area contributed by atoms with Crippen molar-refractivity contribution in [3.05, 3.63) is 65.5 Å². The number of hydrogen-bond acceptors (Lipinski definition) is 4. The van der Waals surface area contributed by atoms with Gasteiger partial charge in [-0.05, 0) is 69.3 Å². The molecule has 0 aliphatic rings. The second-order valence-corrected chi connectivity index (χ2v) is 6.25. The highest BCUT2D eigenvalue weighted by Crippen LogP contribution is 2.23. The van der Waals surface area contributed by atoms with Crippen LogP contribution in [0, 0.1) is 13.8 Å². The second-order valence-electron chi connectivity index (χ2n) is 6.25. The van der Waals surface area contributed by atoms with Crippen molar-refractivity contribution in [2.75, 3.05) is 23.8 Å². The molecule has 1 aromatic heterocycles. The van der Waals surface area contributed by atoms with E-state index in [1.54, 1.807) is 0 Å². The van der Waals surface area contributed by atoms with Gasteiger partial charge in [0, 0.05) is 36.1 Å². The molecular formula is C21H23N3O2. The largest absolute Gasteiger partial charge is 0.441 e. The van der Waals surface area contributed by atoms with Gasteiger partial charge in [0.05, 0.1) is 5.69 Å². The quantitative estimate of drug-likeness (QED) is 0.727. The van der Waals surface area contributed by atoms with Gasteiger partial charge in [0.2, 0.25) is 5.89 Å². The summed E-state index contributed by atoms with van der Waals surface area (Å²) in [5, 5.41) is 2.91. The molecule has 134 valence electrons. The zero-order chi connectivity index (χ0) is 18.7. The average Bonchev–Trinajstić information content (AvgIpc) is 3.00. The van der Waals surface area contributed by atoms with Crippen LogP contribution < -0.4 is 10.2 Å². The zero-order valence-electron chi connectivity index (χ0n) is 15.5. The summed E-state index contributed by atoms with van der Waals surface area (Å²) in [6, 6.07) is 15.1. The normalized spacial score (nSPS) is 10.6. The highest BCUT2D eigenvalue weighted by Gasteiger charge is 2.10. The lowest BCUT2D eigenvalue weighted by molar-refractivity contribution is 0.102. The minimum Gasteiger partial charge on any atom is -0.441 e. The number of anilines is 2. The molecule has 2 aromatic carbocycles. The fourth-order valence-corrected chi connectivity index (χ4v) is 2.55. The highest BCUT2D eigenvalue weighted by atomic mass is 16.4. The predicted octanol–water partition coefficient (Wildman–Crippen LogP) is 4.67. The molecule has 0 bridgehead atoms. The molecule has 0 aliphatic heterocycles. The Morgan fingerprint density at radius 2 is 1.73 bits per heavy atom. The van der Waals surface area contributed by atoms with Crippen molar-refractivity contribution in [2.45, 2.75) is 20.8 Å². The van der Waals surface area contributed by atoms with Crippen molar-refractivity contribution in [3.8, 4) is 11.5 Å². The van der Waals surface area contributed by atoms with Crippen molar-refractivity contribution in [1.82, 2.24) is 4.98 Å². The van der Waals surface area contributed by atoms with Crippen molar-refractivity contribution < 1.29 is 9.21 Å². The molecule has 3 rings (SSSR count). The summed E-state index contributed by atoms with van der Waals surface area (Å²) in [4.78, 5) is 18.9. The summed E-state index contributed by atoms with van der Waals surface area (Å²) in [6.45, 7) is 6.82. The standard InChI is InChI=1S/C21H23N3O2/c1-5-24(4)19-12-8-16(9-13-19)20(25)23-18-10-6-17(7-11-18)21-22-14(2)15(3)26-21/h6-13H,5H2,1-4H3,(H,23,25). The van der Waals surface area contributed by atoms with Crippen LogP contribution in [0.1, 0.15) is 28.7 Å². The van der Waals surface area contributed by atoms with E-state index in [9.17, 15) is 4.79 Å². The van der Waals surface area contributed by atoms with Crippen LogP contribution in [0.5, 0.6) is 0 Å². The average molecular weight is 349 g/mol. The second kappa shape index (κ2) is 7.44. The first kappa shape index (κ1) is 17.7. The first-order valence-corrected chi connectivity index (χ1v) is 8.65. The molecular weight excluding hydrogens is 326 g/mol. The van der Waals surface area contributed by atoms with Gasteiger partial charge in [-0.15, -0.1) is 0 Å². The number of nitrogens with zero attached hydrogens (tertiary/aromatic N) is 2. The van der Waals surface area contributed by atoms with Crippen LogP contribution in [0.4, 0.5) is 11.4 Å². The van der Waals surface area contributed by atoms with E-state index in [1.807, 2.05) is 69.4 Å². The molecule has 0 saturated carbocycles. The molecule has 26 heavy (non-hydrogen) atoms. The van der Waals surface area contributed by atoms with Crippen LogP contribution in [0.15, 0.2) is 52.9 Å². The maximum Gasteiger partial charge on any atom is 0.255 e. The van der Waals surface area contributed by atoms with Crippen molar-refractivity contribution in [1.29, 1.82) is 0 Å². The lowest BCUT2D eigenvalue weighted by atomic mass is 10.1. The zero-order valence-corrected chi connectivity index (χ0v) is 15.5. The number of aryl methyl sites for hydroxylation is 2. The molecule has 0 atom stereocenters. The van der Waals surface area contributed by atoms with Gasteiger partial charge in [-0.2, -0.15) is 0 Å². The van der Waals surface area contributed by atoms with Gasteiger partial charge < -0.3 is 14.6 Å². The minimum atomic E-state index is -0.133. The topological polar surface area (TPSA) is 58.4 Å². The summed E-state index contributed by atoms with van der Waals surface area (Å²) in [5.41, 5.74) is 4.21. The number of hydrogen-bond donors (Lipinski definition) is 1. The third kappa shape index (κ3) is 3.77. The maximum atomic E-state index is 12.4. The summed E-state index contributed by atoms with van der Waals surface area (Å²) in [5.74, 6) is 1.27. The number of benzene rings is 2. The fraction of sp³-hybridized carbons (Fsp3) is 0.238. The van der Waals surface area contributed by atoms with Crippen molar-refractivity contribution >= 4 is 17.3 Å². The van der Waals surface area contributed by atoms with Gasteiger partial charge in [0.1, 0.15) is 5.76 Å². The van der Waals surface area contributed by atoms with Gasteiger partial charge in [-0.3, -0.25) is 4.79 Å². The number of oxazole rings is 1. The van der Waals surface area contributed by atoms with Crippen LogP contribution in [0.2, 0.25) is 0 Å². The Hall–Kier alpha value is -3.08. The molecule has 0 saturated heterocycles. The molecule has 0 aliphatic carbocycles. The number of nitrogens with one attached hydrogen (secondary N) is 1. The molecule has 0 unspecified atom stereocenters. The maximum absolute atomic E-state index is 12.4. The van der Waals surface area contributed by atoms with E-state index in [2.05, 4.69) is 22.1 Å². The number of carbonyl (C=O) groups excluding carboxylic acids is 1. The number of amides is 1. The Bertz CT molecular complexity index is 877. The summed E-state index contributed by atoms with van der Waals surface area (Å²) in [6.07, 6.45) is 0. The Morgan fingerprint density at radius 1 is 1.08 bits per heavy atom. The predicted molar refractivity (Wildman–Crippen MR) is 105 cm³/mol. The number of aromatic nitrogens is 1. The molecule has 1 amide bonds. The van der Waals surface area contributed by atoms with E-state index in [0.29, 0.717) is 11.5 Å². The Labute approximate surface area is 153 Å². The molecule has 5 heteroatoms. The smallest absolute Gasteiger partial charge is 0.255 e. The Balaban J connectivity index is 1.69. The number of rotatable bonds is 5. The van der Waals surface area contributed by atoms with Crippen LogP contribution in [-0.2, 0) is 0 Å². The third-order valence-corrected chi connectivity index (χ3v) is 4.46. The van der Waals surface area contributed by atoms with Gasteiger partial charge in [0.15, 0.2) is 0 Å². The molecule has 0 radical (unpaired) electrons. The molecule has 1 N–H and O–H groups in total. The van der Waals surface area contributed by atoms with Crippen molar-refractivity contribution in [2.24, 2.45) is 0 Å². The lowest BCUT2D eigenvalue weighted by Gasteiger charge is -2.16. The van der Waals surface area contributed by atoms with Crippen LogP contribution in [0.25, 0.3) is 11.5 Å². The molecule has 0 fully saturated rings. The SMILES string of the molecule is CCN(C)c1ccc(C(=O)Nc2ccc(-c3nc(C)c(C)o3)cc2)cc1. The van der Waals surface area contributed by atoms with E-state index in [1.165, 1.54) is 0 Å². The third-order valence-electron chi connectivity index (χ3n) is 4.46. The van der Waals surface area contributed by atoms with E-state index in [0.717, 1.165) is 34.9 Å². The number of carbonyl (C=O) groups is 1. The van der Waals surface area contributed by atoms with Gasteiger partial charge in [-0.25, -0.2) is 4.98 Å². The Morgan fingerprint density at radius 3 is 2.27 bits per heavy atom.